The van der Waals surface area contributed by atoms with Gasteiger partial charge >= 0.3 is 0 Å². The third kappa shape index (κ3) is 3.30. The van der Waals surface area contributed by atoms with Gasteiger partial charge in [0, 0.05) is 25.7 Å². The molecule has 0 atom stereocenters. The van der Waals surface area contributed by atoms with Crippen molar-refractivity contribution in [2.24, 2.45) is 0 Å². The van der Waals surface area contributed by atoms with Gasteiger partial charge in [-0.2, -0.15) is 0 Å². The molecular weight excluding hydrogens is 269 g/mol. The molecule has 0 aromatic heterocycles. The fourth-order valence-electron chi connectivity index (χ4n) is 2.30. The van der Waals surface area contributed by atoms with Crippen molar-refractivity contribution in [2.45, 2.75) is 12.8 Å². The molecule has 110 valence electrons. The number of likely N-dealkylation sites (tertiary alicyclic amines) is 1. The molecule has 0 N–H and O–H groups in total. The van der Waals surface area contributed by atoms with E-state index >= 15 is 0 Å². The zero-order chi connectivity index (χ0) is 14.7. The van der Waals surface area contributed by atoms with Gasteiger partial charge in [0.1, 0.15) is 0 Å². The molecule has 0 spiro atoms. The molecular formula is C14H17F3N2O. The number of hydrogen-bond acceptors (Lipinski definition) is 2. The van der Waals surface area contributed by atoms with Crippen LogP contribution in [-0.4, -0.2) is 48.9 Å². The molecule has 1 aliphatic heterocycles. The number of halogens is 3. The second-order valence-electron chi connectivity index (χ2n) is 5.03. The zero-order valence-corrected chi connectivity index (χ0v) is 11.3. The molecule has 1 amide bonds. The first kappa shape index (κ1) is 14.8. The van der Waals surface area contributed by atoms with Gasteiger partial charge in [0.15, 0.2) is 17.5 Å². The Labute approximate surface area is 116 Å². The second kappa shape index (κ2) is 6.26. The van der Waals surface area contributed by atoms with E-state index in [0.29, 0.717) is 6.54 Å². The standard InChI is InChI=1S/C14H17F3N2O/c1-18(6-7-19-4-2-3-5-19)14(20)10-8-11(15)13(17)12(16)9-10/h8-9H,2-7H2,1H3. The van der Waals surface area contributed by atoms with Crippen LogP contribution in [0, 0.1) is 17.5 Å². The predicted molar refractivity (Wildman–Crippen MR) is 69.0 cm³/mol. The van der Waals surface area contributed by atoms with E-state index in [1.165, 1.54) is 4.90 Å². The number of amides is 1. The van der Waals surface area contributed by atoms with Crippen molar-refractivity contribution in [3.05, 3.63) is 35.1 Å². The molecule has 0 radical (unpaired) electrons. The first-order valence-electron chi connectivity index (χ1n) is 6.61. The van der Waals surface area contributed by atoms with Crippen molar-refractivity contribution < 1.29 is 18.0 Å². The van der Waals surface area contributed by atoms with Crippen molar-refractivity contribution in [3.63, 3.8) is 0 Å². The quantitative estimate of drug-likeness (QED) is 0.793. The molecule has 20 heavy (non-hydrogen) atoms. The van der Waals surface area contributed by atoms with Crippen LogP contribution in [0.3, 0.4) is 0 Å². The van der Waals surface area contributed by atoms with Crippen LogP contribution in [-0.2, 0) is 0 Å². The zero-order valence-electron chi connectivity index (χ0n) is 11.3. The Morgan fingerprint density at radius 2 is 1.75 bits per heavy atom. The third-order valence-electron chi connectivity index (χ3n) is 3.53. The highest BCUT2D eigenvalue weighted by Gasteiger charge is 2.19. The molecule has 6 heteroatoms. The minimum absolute atomic E-state index is 0.176. The number of carbonyl (C=O) groups is 1. The average molecular weight is 286 g/mol. The summed E-state index contributed by atoms with van der Waals surface area (Å²) in [4.78, 5) is 15.6. The number of benzene rings is 1. The summed E-state index contributed by atoms with van der Waals surface area (Å²) < 4.78 is 39.0. The van der Waals surface area contributed by atoms with Gasteiger partial charge < -0.3 is 9.80 Å². The normalized spacial score (nSPS) is 15.6. The van der Waals surface area contributed by atoms with Gasteiger partial charge in [0.05, 0.1) is 0 Å². The predicted octanol–water partition coefficient (Wildman–Crippen LogP) is 2.27. The van der Waals surface area contributed by atoms with Gasteiger partial charge in [-0.05, 0) is 38.1 Å². The van der Waals surface area contributed by atoms with Crippen molar-refractivity contribution in [3.8, 4) is 0 Å². The lowest BCUT2D eigenvalue weighted by atomic mass is 10.2. The molecule has 1 fully saturated rings. The molecule has 0 saturated carbocycles. The van der Waals surface area contributed by atoms with Crippen LogP contribution in [0.5, 0.6) is 0 Å². The molecule has 1 aromatic rings. The molecule has 1 aliphatic rings. The molecule has 1 saturated heterocycles. The summed E-state index contributed by atoms with van der Waals surface area (Å²) in [6, 6.07) is 1.46. The molecule has 0 aliphatic carbocycles. The number of rotatable bonds is 4. The summed E-state index contributed by atoms with van der Waals surface area (Å²) >= 11 is 0. The van der Waals surface area contributed by atoms with Crippen molar-refractivity contribution in [1.29, 1.82) is 0 Å². The van der Waals surface area contributed by atoms with E-state index in [2.05, 4.69) is 4.90 Å². The monoisotopic (exact) mass is 286 g/mol. The van der Waals surface area contributed by atoms with E-state index in [0.717, 1.165) is 44.6 Å². The Bertz CT molecular complexity index is 478. The lowest BCUT2D eigenvalue weighted by Gasteiger charge is -2.21. The summed E-state index contributed by atoms with van der Waals surface area (Å²) in [6.07, 6.45) is 2.32. The molecule has 2 rings (SSSR count). The summed E-state index contributed by atoms with van der Waals surface area (Å²) in [5.74, 6) is -4.76. The fraction of sp³-hybridized carbons (Fsp3) is 0.500. The Kier molecular flexibility index (Phi) is 4.65. The molecule has 0 bridgehead atoms. The highest BCUT2D eigenvalue weighted by atomic mass is 19.2. The molecule has 1 aromatic carbocycles. The Hall–Kier alpha value is -1.56. The van der Waals surface area contributed by atoms with Gasteiger partial charge in [-0.3, -0.25) is 4.79 Å². The summed E-state index contributed by atoms with van der Waals surface area (Å²) in [5, 5.41) is 0. The van der Waals surface area contributed by atoms with Gasteiger partial charge in [0.25, 0.3) is 5.91 Å². The number of carbonyl (C=O) groups excluding carboxylic acids is 1. The summed E-state index contributed by atoms with van der Waals surface area (Å²) in [7, 11) is 1.57. The van der Waals surface area contributed by atoms with Crippen LogP contribution in [0.25, 0.3) is 0 Å². The van der Waals surface area contributed by atoms with Crippen LogP contribution in [0.4, 0.5) is 13.2 Å². The van der Waals surface area contributed by atoms with E-state index in [1.807, 2.05) is 0 Å². The van der Waals surface area contributed by atoms with E-state index in [9.17, 15) is 18.0 Å². The number of nitrogens with zero attached hydrogens (tertiary/aromatic N) is 2. The van der Waals surface area contributed by atoms with Gasteiger partial charge in [0.2, 0.25) is 0 Å². The van der Waals surface area contributed by atoms with E-state index < -0.39 is 23.4 Å². The topological polar surface area (TPSA) is 23.6 Å². The average Bonchev–Trinajstić information content (AvgIpc) is 2.94. The minimum Gasteiger partial charge on any atom is -0.340 e. The lowest BCUT2D eigenvalue weighted by Crippen LogP contribution is -2.35. The molecule has 0 unspecified atom stereocenters. The van der Waals surface area contributed by atoms with E-state index in [-0.39, 0.29) is 5.56 Å². The third-order valence-corrected chi connectivity index (χ3v) is 3.53. The number of likely N-dealkylation sites (N-methyl/N-ethyl adjacent to an activating group) is 1. The van der Waals surface area contributed by atoms with Crippen LogP contribution >= 0.6 is 0 Å². The number of hydrogen-bond donors (Lipinski definition) is 0. The van der Waals surface area contributed by atoms with E-state index in [4.69, 9.17) is 0 Å². The fourth-order valence-corrected chi connectivity index (χ4v) is 2.30. The Morgan fingerprint density at radius 3 is 2.30 bits per heavy atom. The summed E-state index contributed by atoms with van der Waals surface area (Å²) in [6.45, 7) is 3.23. The van der Waals surface area contributed by atoms with Crippen LogP contribution < -0.4 is 0 Å². The first-order valence-corrected chi connectivity index (χ1v) is 6.61. The first-order chi connectivity index (χ1) is 9.49. The van der Waals surface area contributed by atoms with E-state index in [1.54, 1.807) is 7.05 Å². The van der Waals surface area contributed by atoms with Crippen LogP contribution in [0.15, 0.2) is 12.1 Å². The lowest BCUT2D eigenvalue weighted by molar-refractivity contribution is 0.0781. The highest BCUT2D eigenvalue weighted by Crippen LogP contribution is 2.15. The van der Waals surface area contributed by atoms with Gasteiger partial charge in [-0.15, -0.1) is 0 Å². The summed E-state index contributed by atoms with van der Waals surface area (Å²) in [5.41, 5.74) is -0.176. The Balaban J connectivity index is 1.99. The van der Waals surface area contributed by atoms with Crippen LogP contribution in [0.1, 0.15) is 23.2 Å². The molecule has 3 nitrogen and oxygen atoms in total. The van der Waals surface area contributed by atoms with Crippen molar-refractivity contribution >= 4 is 5.91 Å². The second-order valence-corrected chi connectivity index (χ2v) is 5.03. The maximum Gasteiger partial charge on any atom is 0.253 e. The molecule has 1 heterocycles. The van der Waals surface area contributed by atoms with Gasteiger partial charge in [-0.1, -0.05) is 0 Å². The smallest absolute Gasteiger partial charge is 0.253 e. The Morgan fingerprint density at radius 1 is 1.20 bits per heavy atom. The maximum absolute atomic E-state index is 13.1. The maximum atomic E-state index is 13.1. The van der Waals surface area contributed by atoms with Gasteiger partial charge in [-0.25, -0.2) is 13.2 Å². The largest absolute Gasteiger partial charge is 0.340 e. The highest BCUT2D eigenvalue weighted by molar-refractivity contribution is 5.94. The van der Waals surface area contributed by atoms with Crippen molar-refractivity contribution in [2.75, 3.05) is 33.2 Å². The van der Waals surface area contributed by atoms with Crippen LogP contribution in [0.2, 0.25) is 0 Å². The minimum atomic E-state index is -1.55. The SMILES string of the molecule is CN(CCN1CCCC1)C(=O)c1cc(F)c(F)c(F)c1. The van der Waals surface area contributed by atoms with Crippen molar-refractivity contribution in [1.82, 2.24) is 9.80 Å².